The third-order valence-corrected chi connectivity index (χ3v) is 7.05. The van der Waals surface area contributed by atoms with Gasteiger partial charge in [0, 0.05) is 5.54 Å². The molecule has 0 aromatic heterocycles. The lowest BCUT2D eigenvalue weighted by Crippen LogP contribution is -2.78. The van der Waals surface area contributed by atoms with Gasteiger partial charge < -0.3 is 5.32 Å². The maximum Gasteiger partial charge on any atom is 0.394 e. The first kappa shape index (κ1) is 19.0. The van der Waals surface area contributed by atoms with E-state index >= 15 is 0 Å². The van der Waals surface area contributed by atoms with E-state index in [-0.39, 0.29) is 30.5 Å². The summed E-state index contributed by atoms with van der Waals surface area (Å²) >= 11 is 0. The zero-order valence-electron chi connectivity index (χ0n) is 14.7. The van der Waals surface area contributed by atoms with Crippen LogP contribution in [-0.2, 0) is 10.0 Å². The molecule has 0 unspecified atom stereocenters. The van der Waals surface area contributed by atoms with E-state index < -0.39 is 38.3 Å². The number of nitrogens with one attached hydrogen (secondary N) is 2. The minimum atomic E-state index is -4.25. The van der Waals surface area contributed by atoms with Crippen LogP contribution in [0.3, 0.4) is 0 Å². The van der Waals surface area contributed by atoms with Gasteiger partial charge in [0.1, 0.15) is 0 Å². The Balaban J connectivity index is 1.77. The lowest BCUT2D eigenvalue weighted by atomic mass is 9.39. The lowest BCUT2D eigenvalue weighted by molar-refractivity contribution is -0.336. The van der Waals surface area contributed by atoms with Crippen molar-refractivity contribution in [2.75, 3.05) is 4.72 Å². The summed E-state index contributed by atoms with van der Waals surface area (Å²) in [5, 5.41) is 1.98. The van der Waals surface area contributed by atoms with Gasteiger partial charge in [-0.2, -0.15) is 13.2 Å². The second-order valence-electron chi connectivity index (χ2n) is 7.79. The Morgan fingerprint density at radius 2 is 1.77 bits per heavy atom. The SMILES string of the molecule is Cc1ccc(C(=O)NC23CC(C(F)(F)F)(C2)C3)c(NS(=O)(=O)C(C)C)c1. The largest absolute Gasteiger partial charge is 0.394 e. The second-order valence-corrected chi connectivity index (χ2v) is 10.0. The van der Waals surface area contributed by atoms with Gasteiger partial charge >= 0.3 is 6.18 Å². The maximum absolute atomic E-state index is 12.9. The smallest absolute Gasteiger partial charge is 0.346 e. The molecule has 5 nitrogen and oxygen atoms in total. The van der Waals surface area contributed by atoms with Crippen molar-refractivity contribution in [1.29, 1.82) is 0 Å². The topological polar surface area (TPSA) is 75.3 Å². The summed E-state index contributed by atoms with van der Waals surface area (Å²) in [5.41, 5.74) is -1.50. The molecule has 26 heavy (non-hydrogen) atoms. The standard InChI is InChI=1S/C17H21F3N2O3S/c1-10(2)26(24,25)22-13-6-11(3)4-5-12(13)14(23)21-16-7-15(8-16,9-16)17(18,19)20/h4-6,10,22H,7-9H2,1-3H3,(H,21,23). The first-order valence-electron chi connectivity index (χ1n) is 8.31. The highest BCUT2D eigenvalue weighted by molar-refractivity contribution is 7.93. The van der Waals surface area contributed by atoms with Gasteiger partial charge in [-0.15, -0.1) is 0 Å². The number of amides is 1. The quantitative estimate of drug-likeness (QED) is 0.810. The number of hydrogen-bond acceptors (Lipinski definition) is 3. The number of rotatable bonds is 5. The molecule has 1 amide bonds. The average molecular weight is 390 g/mol. The van der Waals surface area contributed by atoms with Gasteiger partial charge in [-0.05, 0) is 57.7 Å². The van der Waals surface area contributed by atoms with E-state index in [0.717, 1.165) is 5.56 Å². The van der Waals surface area contributed by atoms with Crippen LogP contribution in [0.5, 0.6) is 0 Å². The molecule has 3 fully saturated rings. The Bertz CT molecular complexity index is 843. The van der Waals surface area contributed by atoms with E-state index in [9.17, 15) is 26.4 Å². The highest BCUT2D eigenvalue weighted by Gasteiger charge is 2.79. The van der Waals surface area contributed by atoms with Gasteiger partial charge in [0.2, 0.25) is 10.0 Å². The number of alkyl halides is 3. The fraction of sp³-hybridized carbons (Fsp3) is 0.588. The maximum atomic E-state index is 12.9. The van der Waals surface area contributed by atoms with Crippen LogP contribution in [0.25, 0.3) is 0 Å². The van der Waals surface area contributed by atoms with E-state index in [2.05, 4.69) is 10.0 Å². The zero-order valence-corrected chi connectivity index (χ0v) is 15.5. The Kier molecular flexibility index (Phi) is 4.10. The molecule has 1 aromatic rings. The van der Waals surface area contributed by atoms with Crippen molar-refractivity contribution in [3.8, 4) is 0 Å². The summed E-state index contributed by atoms with van der Waals surface area (Å²) in [6.07, 6.45) is -4.60. The Morgan fingerprint density at radius 1 is 1.19 bits per heavy atom. The third-order valence-electron chi connectivity index (χ3n) is 5.30. The van der Waals surface area contributed by atoms with Crippen molar-refractivity contribution in [3.05, 3.63) is 29.3 Å². The second kappa shape index (κ2) is 5.61. The first-order chi connectivity index (χ1) is 11.8. The van der Waals surface area contributed by atoms with Crippen molar-refractivity contribution in [2.45, 2.75) is 57.0 Å². The predicted octanol–water partition coefficient (Wildman–Crippen LogP) is 3.36. The number of aryl methyl sites for hydroxylation is 1. The number of carbonyl (C=O) groups excluding carboxylic acids is 1. The number of halogens is 3. The fourth-order valence-electron chi connectivity index (χ4n) is 3.74. The monoisotopic (exact) mass is 390 g/mol. The third kappa shape index (κ3) is 2.95. The molecule has 3 saturated carbocycles. The molecular weight excluding hydrogens is 369 g/mol. The van der Waals surface area contributed by atoms with Crippen LogP contribution in [0.1, 0.15) is 49.0 Å². The average Bonchev–Trinajstić information content (AvgIpc) is 2.38. The van der Waals surface area contributed by atoms with Crippen molar-refractivity contribution in [3.63, 3.8) is 0 Å². The highest BCUT2D eigenvalue weighted by Crippen LogP contribution is 2.73. The number of carbonyl (C=O) groups is 1. The van der Waals surface area contributed by atoms with Gasteiger partial charge in [-0.1, -0.05) is 6.07 Å². The predicted molar refractivity (Wildman–Crippen MR) is 91.4 cm³/mol. The van der Waals surface area contributed by atoms with Crippen molar-refractivity contribution in [2.24, 2.45) is 5.41 Å². The van der Waals surface area contributed by atoms with Crippen LogP contribution in [0.4, 0.5) is 18.9 Å². The summed E-state index contributed by atoms with van der Waals surface area (Å²) in [6.45, 7) is 4.77. The van der Waals surface area contributed by atoms with E-state index in [1.807, 2.05) is 0 Å². The summed E-state index contributed by atoms with van der Waals surface area (Å²) in [7, 11) is -3.66. The van der Waals surface area contributed by atoms with Crippen LogP contribution in [-0.4, -0.2) is 31.3 Å². The summed E-state index contributed by atoms with van der Waals surface area (Å²) < 4.78 is 65.5. The number of benzene rings is 1. The van der Waals surface area contributed by atoms with Gasteiger partial charge in [-0.25, -0.2) is 8.42 Å². The molecular formula is C17H21F3N2O3S. The van der Waals surface area contributed by atoms with Crippen LogP contribution >= 0.6 is 0 Å². The van der Waals surface area contributed by atoms with E-state index in [4.69, 9.17) is 0 Å². The molecule has 4 rings (SSSR count). The Morgan fingerprint density at radius 3 is 2.27 bits per heavy atom. The fourth-order valence-corrected chi connectivity index (χ4v) is 4.45. The van der Waals surface area contributed by atoms with Crippen LogP contribution < -0.4 is 10.0 Å². The molecule has 3 aliphatic rings. The van der Waals surface area contributed by atoms with E-state index in [0.29, 0.717) is 0 Å². The van der Waals surface area contributed by atoms with E-state index in [1.54, 1.807) is 13.0 Å². The Labute approximate surface area is 150 Å². The van der Waals surface area contributed by atoms with Gasteiger partial charge in [0.05, 0.1) is 21.9 Å². The van der Waals surface area contributed by atoms with E-state index in [1.165, 1.54) is 26.0 Å². The van der Waals surface area contributed by atoms with Crippen LogP contribution in [0.2, 0.25) is 0 Å². The molecule has 0 spiro atoms. The molecule has 0 atom stereocenters. The first-order valence-corrected chi connectivity index (χ1v) is 9.85. The summed E-state index contributed by atoms with van der Waals surface area (Å²) in [4.78, 5) is 12.6. The van der Waals surface area contributed by atoms with Crippen LogP contribution in [0, 0.1) is 12.3 Å². The van der Waals surface area contributed by atoms with Crippen molar-refractivity contribution >= 4 is 21.6 Å². The molecule has 3 aliphatic carbocycles. The Hall–Kier alpha value is -1.77. The minimum Gasteiger partial charge on any atom is -0.346 e. The zero-order chi connectivity index (χ0) is 19.5. The molecule has 144 valence electrons. The molecule has 0 saturated heterocycles. The van der Waals surface area contributed by atoms with Gasteiger partial charge in [0.25, 0.3) is 5.91 Å². The van der Waals surface area contributed by atoms with Gasteiger partial charge in [-0.3, -0.25) is 9.52 Å². The molecule has 0 aliphatic heterocycles. The van der Waals surface area contributed by atoms with Gasteiger partial charge in [0.15, 0.2) is 0 Å². The number of sulfonamides is 1. The highest BCUT2D eigenvalue weighted by atomic mass is 32.2. The van der Waals surface area contributed by atoms with Crippen molar-refractivity contribution in [1.82, 2.24) is 5.32 Å². The summed E-state index contributed by atoms with van der Waals surface area (Å²) in [6, 6.07) is 4.67. The number of hydrogen-bond donors (Lipinski definition) is 2. The molecule has 1 aromatic carbocycles. The van der Waals surface area contributed by atoms with Crippen molar-refractivity contribution < 1.29 is 26.4 Å². The minimum absolute atomic E-state index is 0.102. The molecule has 0 heterocycles. The number of anilines is 1. The molecule has 9 heteroatoms. The van der Waals surface area contributed by atoms with Crippen LogP contribution in [0.15, 0.2) is 18.2 Å². The molecule has 0 radical (unpaired) electrons. The lowest BCUT2D eigenvalue weighted by Gasteiger charge is -2.70. The normalized spacial score (nSPS) is 27.5. The summed E-state index contributed by atoms with van der Waals surface area (Å²) in [5.74, 6) is -0.568. The molecule has 2 N–H and O–H groups in total. The molecule has 2 bridgehead atoms.